The van der Waals surface area contributed by atoms with E-state index in [1.54, 1.807) is 24.3 Å². The summed E-state index contributed by atoms with van der Waals surface area (Å²) in [6.07, 6.45) is -0.516. The van der Waals surface area contributed by atoms with Gasteiger partial charge in [-0.1, -0.05) is 16.8 Å². The number of hydrogen-bond acceptors (Lipinski definition) is 5. The molecule has 106 valence electrons. The Hall–Kier alpha value is -2.08. The van der Waals surface area contributed by atoms with E-state index in [0.717, 1.165) is 5.56 Å². The van der Waals surface area contributed by atoms with Crippen molar-refractivity contribution in [3.8, 4) is 11.5 Å². The molecule has 0 aliphatic heterocycles. The Morgan fingerprint density at radius 2 is 2.10 bits per heavy atom. The van der Waals surface area contributed by atoms with E-state index in [-0.39, 0.29) is 12.6 Å². The topological polar surface area (TPSA) is 77.2 Å². The molecule has 1 N–H and O–H groups in total. The van der Waals surface area contributed by atoms with E-state index in [9.17, 15) is 4.79 Å². The number of nitrogens with zero attached hydrogens (tertiary/aromatic N) is 2. The minimum Gasteiger partial charge on any atom is -0.441 e. The molecule has 1 amide bonds. The quantitative estimate of drug-likeness (QED) is 0.938. The third-order valence-corrected chi connectivity index (χ3v) is 2.55. The van der Waals surface area contributed by atoms with Gasteiger partial charge in [0.05, 0.1) is 0 Å². The summed E-state index contributed by atoms with van der Waals surface area (Å²) < 4.78 is 10.0. The number of alkyl carbamates (subject to hydrolysis) is 1. The highest BCUT2D eigenvalue weighted by molar-refractivity contribution is 6.30. The average Bonchev–Trinajstić information content (AvgIpc) is 2.85. The Morgan fingerprint density at radius 3 is 2.75 bits per heavy atom. The Kier molecular flexibility index (Phi) is 4.57. The van der Waals surface area contributed by atoms with Crippen LogP contribution in [0, 0.1) is 0 Å². The van der Waals surface area contributed by atoms with Crippen LogP contribution in [-0.4, -0.2) is 22.3 Å². The highest BCUT2D eigenvalue weighted by Gasteiger charge is 2.11. The van der Waals surface area contributed by atoms with Crippen LogP contribution >= 0.6 is 11.6 Å². The monoisotopic (exact) mass is 295 g/mol. The molecule has 1 heterocycles. The fraction of sp³-hybridized carbons (Fsp3) is 0.308. The molecule has 0 fully saturated rings. The fourth-order valence-electron chi connectivity index (χ4n) is 1.43. The minimum absolute atomic E-state index is 0.0115. The van der Waals surface area contributed by atoms with Crippen LogP contribution in [0.3, 0.4) is 0 Å². The van der Waals surface area contributed by atoms with Crippen LogP contribution in [0.2, 0.25) is 5.02 Å². The van der Waals surface area contributed by atoms with E-state index >= 15 is 0 Å². The molecule has 0 aliphatic rings. The first kappa shape index (κ1) is 14.3. The lowest BCUT2D eigenvalue weighted by atomic mass is 10.2. The van der Waals surface area contributed by atoms with Gasteiger partial charge in [-0.25, -0.2) is 4.79 Å². The van der Waals surface area contributed by atoms with E-state index in [4.69, 9.17) is 20.9 Å². The van der Waals surface area contributed by atoms with Crippen molar-refractivity contribution in [3.63, 3.8) is 0 Å². The number of ether oxygens (including phenoxy) is 1. The Morgan fingerprint density at radius 1 is 1.40 bits per heavy atom. The molecule has 0 saturated carbocycles. The van der Waals surface area contributed by atoms with Gasteiger partial charge in [-0.15, -0.1) is 0 Å². The zero-order valence-corrected chi connectivity index (χ0v) is 11.8. The fourth-order valence-corrected chi connectivity index (χ4v) is 1.56. The predicted octanol–water partition coefficient (Wildman–Crippen LogP) is 3.02. The first-order chi connectivity index (χ1) is 9.54. The van der Waals surface area contributed by atoms with Gasteiger partial charge in [0.25, 0.3) is 5.89 Å². The van der Waals surface area contributed by atoms with Crippen molar-refractivity contribution in [1.29, 1.82) is 0 Å². The molecule has 0 radical (unpaired) electrons. The third-order valence-electron chi connectivity index (χ3n) is 2.30. The second kappa shape index (κ2) is 6.38. The molecular formula is C13H14ClN3O3. The Labute approximate surface area is 121 Å². The lowest BCUT2D eigenvalue weighted by Crippen LogP contribution is -2.30. The van der Waals surface area contributed by atoms with Crippen LogP contribution < -0.4 is 5.32 Å². The summed E-state index contributed by atoms with van der Waals surface area (Å²) in [5, 5.41) is 6.96. The standard InChI is InChI=1S/C13H14ClN3O3/c1-8(2)15-13(18)19-7-11-16-12(20-17-11)9-3-5-10(14)6-4-9/h3-6,8H,7H2,1-2H3,(H,15,18). The van der Waals surface area contributed by atoms with Crippen LogP contribution in [0.15, 0.2) is 28.8 Å². The van der Waals surface area contributed by atoms with E-state index in [1.807, 2.05) is 13.8 Å². The zero-order valence-electron chi connectivity index (χ0n) is 11.1. The molecule has 7 heteroatoms. The minimum atomic E-state index is -0.516. The number of carbonyl (C=O) groups excluding carboxylic acids is 1. The molecule has 0 saturated heterocycles. The number of hydrogen-bond donors (Lipinski definition) is 1. The van der Waals surface area contributed by atoms with Crippen molar-refractivity contribution in [2.75, 3.05) is 0 Å². The predicted molar refractivity (Wildman–Crippen MR) is 73.2 cm³/mol. The van der Waals surface area contributed by atoms with Crippen LogP contribution in [-0.2, 0) is 11.3 Å². The van der Waals surface area contributed by atoms with E-state index < -0.39 is 6.09 Å². The summed E-state index contributed by atoms with van der Waals surface area (Å²) in [6.45, 7) is 3.64. The van der Waals surface area contributed by atoms with Crippen molar-refractivity contribution in [2.24, 2.45) is 0 Å². The number of nitrogens with one attached hydrogen (secondary N) is 1. The Balaban J connectivity index is 1.95. The van der Waals surface area contributed by atoms with Gasteiger partial charge in [-0.3, -0.25) is 0 Å². The van der Waals surface area contributed by atoms with E-state index in [1.165, 1.54) is 0 Å². The number of halogens is 1. The summed E-state index contributed by atoms with van der Waals surface area (Å²) in [6, 6.07) is 7.01. The van der Waals surface area contributed by atoms with Crippen molar-refractivity contribution < 1.29 is 14.1 Å². The first-order valence-electron chi connectivity index (χ1n) is 6.06. The average molecular weight is 296 g/mol. The summed E-state index contributed by atoms with van der Waals surface area (Å²) in [5.74, 6) is 0.651. The molecule has 6 nitrogen and oxygen atoms in total. The number of benzene rings is 1. The van der Waals surface area contributed by atoms with Crippen LogP contribution in [0.4, 0.5) is 4.79 Å². The Bertz CT molecular complexity index is 581. The molecule has 2 aromatic rings. The van der Waals surface area contributed by atoms with E-state index in [0.29, 0.717) is 16.7 Å². The maximum absolute atomic E-state index is 11.3. The van der Waals surface area contributed by atoms with Gasteiger partial charge in [0, 0.05) is 16.6 Å². The highest BCUT2D eigenvalue weighted by Crippen LogP contribution is 2.19. The summed E-state index contributed by atoms with van der Waals surface area (Å²) >= 11 is 5.80. The van der Waals surface area contributed by atoms with Crippen LogP contribution in [0.5, 0.6) is 0 Å². The lowest BCUT2D eigenvalue weighted by molar-refractivity contribution is 0.133. The van der Waals surface area contributed by atoms with Gasteiger partial charge in [-0.05, 0) is 38.1 Å². The van der Waals surface area contributed by atoms with Crippen LogP contribution in [0.1, 0.15) is 19.7 Å². The molecule has 0 unspecified atom stereocenters. The molecule has 20 heavy (non-hydrogen) atoms. The molecule has 0 aliphatic carbocycles. The maximum Gasteiger partial charge on any atom is 0.407 e. The zero-order chi connectivity index (χ0) is 14.5. The van der Waals surface area contributed by atoms with Crippen molar-refractivity contribution in [2.45, 2.75) is 26.5 Å². The number of rotatable bonds is 4. The van der Waals surface area contributed by atoms with Gasteiger partial charge < -0.3 is 14.6 Å². The number of amides is 1. The largest absolute Gasteiger partial charge is 0.441 e. The molecule has 1 aromatic heterocycles. The molecule has 0 atom stereocenters. The van der Waals surface area contributed by atoms with Gasteiger partial charge in [-0.2, -0.15) is 4.98 Å². The first-order valence-corrected chi connectivity index (χ1v) is 6.44. The van der Waals surface area contributed by atoms with Gasteiger partial charge in [0.15, 0.2) is 6.61 Å². The molecular weight excluding hydrogens is 282 g/mol. The molecule has 0 spiro atoms. The SMILES string of the molecule is CC(C)NC(=O)OCc1noc(-c2ccc(Cl)cc2)n1. The molecule has 0 bridgehead atoms. The maximum atomic E-state index is 11.3. The van der Waals surface area contributed by atoms with Crippen molar-refractivity contribution >= 4 is 17.7 Å². The lowest BCUT2D eigenvalue weighted by Gasteiger charge is -2.07. The summed E-state index contributed by atoms with van der Waals surface area (Å²) in [7, 11) is 0. The third kappa shape index (κ3) is 3.96. The summed E-state index contributed by atoms with van der Waals surface area (Å²) in [4.78, 5) is 15.4. The summed E-state index contributed by atoms with van der Waals surface area (Å²) in [5.41, 5.74) is 0.750. The second-order valence-corrected chi connectivity index (χ2v) is 4.83. The van der Waals surface area contributed by atoms with Crippen molar-refractivity contribution in [1.82, 2.24) is 15.5 Å². The van der Waals surface area contributed by atoms with E-state index in [2.05, 4.69) is 15.5 Å². The van der Waals surface area contributed by atoms with Crippen LogP contribution in [0.25, 0.3) is 11.5 Å². The second-order valence-electron chi connectivity index (χ2n) is 4.40. The highest BCUT2D eigenvalue weighted by atomic mass is 35.5. The number of aromatic nitrogens is 2. The smallest absolute Gasteiger partial charge is 0.407 e. The van der Waals surface area contributed by atoms with Gasteiger partial charge >= 0.3 is 6.09 Å². The van der Waals surface area contributed by atoms with Gasteiger partial charge in [0.2, 0.25) is 5.82 Å². The molecule has 1 aromatic carbocycles. The molecule has 2 rings (SSSR count). The normalized spacial score (nSPS) is 10.6. The van der Waals surface area contributed by atoms with Crippen molar-refractivity contribution in [3.05, 3.63) is 35.1 Å². The van der Waals surface area contributed by atoms with Gasteiger partial charge in [0.1, 0.15) is 0 Å². The number of carbonyl (C=O) groups is 1.